The minimum Gasteiger partial charge on any atom is -0.456 e. The lowest BCUT2D eigenvalue weighted by Gasteiger charge is -2.39. The molecule has 3 aromatic rings. The molecule has 218 valence electrons. The molecular weight excluding hydrogens is 534 g/mol. The second-order valence-electron chi connectivity index (χ2n) is 11.0. The van der Waals surface area contributed by atoms with Crippen LogP contribution in [0.15, 0.2) is 54.6 Å². The molecule has 1 N–H and O–H groups in total. The molecule has 0 aliphatic carbocycles. The molecule has 0 unspecified atom stereocenters. The van der Waals surface area contributed by atoms with E-state index in [1.165, 1.54) is 12.8 Å². The molecule has 0 atom stereocenters. The Bertz CT molecular complexity index is 1470. The highest BCUT2D eigenvalue weighted by Crippen LogP contribution is 2.57. The van der Waals surface area contributed by atoms with Crippen LogP contribution in [0, 0.1) is 0 Å². The van der Waals surface area contributed by atoms with Crippen molar-refractivity contribution in [3.05, 3.63) is 82.4 Å². The largest absolute Gasteiger partial charge is 0.456 e. The molecule has 2 fully saturated rings. The van der Waals surface area contributed by atoms with Crippen molar-refractivity contribution in [2.24, 2.45) is 0 Å². The third-order valence-corrected chi connectivity index (χ3v) is 8.59. The van der Waals surface area contributed by atoms with Crippen LogP contribution in [0.1, 0.15) is 57.2 Å². The molecule has 1 amide bonds. The molecule has 4 aliphatic heterocycles. The van der Waals surface area contributed by atoms with Crippen LogP contribution in [-0.2, 0) is 19.8 Å². The minimum absolute atomic E-state index is 0.241. The van der Waals surface area contributed by atoms with Gasteiger partial charge in [0.05, 0.1) is 25.4 Å². The van der Waals surface area contributed by atoms with E-state index < -0.39 is 11.6 Å². The highest BCUT2D eigenvalue weighted by atomic mass is 16.6. The lowest BCUT2D eigenvalue weighted by atomic mass is 9.77. The van der Waals surface area contributed by atoms with E-state index in [0.717, 1.165) is 48.7 Å². The zero-order valence-corrected chi connectivity index (χ0v) is 23.8. The van der Waals surface area contributed by atoms with Crippen molar-refractivity contribution in [2.45, 2.75) is 25.4 Å². The number of nitrogens with zero attached hydrogens (tertiary/aromatic N) is 2. The average molecular weight is 570 g/mol. The molecular formula is C33H35N3O6. The second-order valence-corrected chi connectivity index (χ2v) is 11.0. The summed E-state index contributed by atoms with van der Waals surface area (Å²) in [6, 6.07) is 17.4. The Labute approximate surface area is 245 Å². The lowest BCUT2D eigenvalue weighted by Crippen LogP contribution is -2.38. The maximum Gasteiger partial charge on any atom is 0.340 e. The van der Waals surface area contributed by atoms with Gasteiger partial charge in [-0.3, -0.25) is 4.79 Å². The molecule has 0 radical (unpaired) electrons. The fourth-order valence-corrected chi connectivity index (χ4v) is 6.09. The number of carbonyl (C=O) groups excluding carboxylic acids is 2. The van der Waals surface area contributed by atoms with E-state index in [-0.39, 0.29) is 5.91 Å². The van der Waals surface area contributed by atoms with Crippen LogP contribution in [0.4, 0.5) is 11.4 Å². The molecule has 9 heteroatoms. The van der Waals surface area contributed by atoms with Crippen molar-refractivity contribution in [2.75, 3.05) is 69.0 Å². The summed E-state index contributed by atoms with van der Waals surface area (Å²) in [7, 11) is 0. The Morgan fingerprint density at radius 3 is 2.07 bits per heavy atom. The summed E-state index contributed by atoms with van der Waals surface area (Å²) < 4.78 is 23.7. The first-order valence-corrected chi connectivity index (χ1v) is 14.9. The Hall–Kier alpha value is -4.08. The molecule has 3 aromatic carbocycles. The van der Waals surface area contributed by atoms with Crippen molar-refractivity contribution < 1.29 is 28.5 Å². The van der Waals surface area contributed by atoms with Gasteiger partial charge in [0.1, 0.15) is 11.5 Å². The van der Waals surface area contributed by atoms with Gasteiger partial charge >= 0.3 is 5.97 Å². The van der Waals surface area contributed by atoms with Gasteiger partial charge < -0.3 is 34.1 Å². The molecule has 4 heterocycles. The predicted octanol–water partition coefficient (Wildman–Crippen LogP) is 4.46. The van der Waals surface area contributed by atoms with Gasteiger partial charge in [-0.05, 0) is 62.2 Å². The smallest absolute Gasteiger partial charge is 0.340 e. The van der Waals surface area contributed by atoms with Crippen molar-refractivity contribution in [3.63, 3.8) is 0 Å². The first kappa shape index (κ1) is 26.8. The first-order valence-electron chi connectivity index (χ1n) is 14.9. The summed E-state index contributed by atoms with van der Waals surface area (Å²) in [5.41, 5.74) is 3.99. The number of esters is 1. The summed E-state index contributed by atoms with van der Waals surface area (Å²) in [5.74, 6) is 0.659. The molecule has 4 aliphatic rings. The number of nitrogens with one attached hydrogen (secondary N) is 1. The van der Waals surface area contributed by atoms with Crippen molar-refractivity contribution in [1.29, 1.82) is 0 Å². The molecule has 42 heavy (non-hydrogen) atoms. The summed E-state index contributed by atoms with van der Waals surface area (Å²) in [4.78, 5) is 31.2. The van der Waals surface area contributed by atoms with Gasteiger partial charge in [0.15, 0.2) is 5.60 Å². The number of ether oxygens (including phenoxy) is 4. The van der Waals surface area contributed by atoms with E-state index >= 15 is 0 Å². The van der Waals surface area contributed by atoms with Crippen LogP contribution >= 0.6 is 0 Å². The quantitative estimate of drug-likeness (QED) is 0.283. The number of hydrogen-bond donors (Lipinski definition) is 1. The highest BCUT2D eigenvalue weighted by molar-refractivity contribution is 6.00. The number of amides is 1. The Kier molecular flexibility index (Phi) is 6.99. The van der Waals surface area contributed by atoms with Gasteiger partial charge in [-0.25, -0.2) is 4.79 Å². The Morgan fingerprint density at radius 2 is 1.48 bits per heavy atom. The third kappa shape index (κ3) is 4.48. The fourth-order valence-electron chi connectivity index (χ4n) is 6.09. The van der Waals surface area contributed by atoms with Crippen molar-refractivity contribution in [3.8, 4) is 11.5 Å². The van der Waals surface area contributed by atoms with E-state index in [4.69, 9.17) is 18.9 Å². The van der Waals surface area contributed by atoms with Crippen LogP contribution in [0.25, 0.3) is 0 Å². The summed E-state index contributed by atoms with van der Waals surface area (Å²) >= 11 is 0. The lowest BCUT2D eigenvalue weighted by molar-refractivity contribution is 0.0224. The van der Waals surface area contributed by atoms with Gasteiger partial charge in [0.25, 0.3) is 5.91 Å². The summed E-state index contributed by atoms with van der Waals surface area (Å²) in [6.45, 7) is 8.36. The summed E-state index contributed by atoms with van der Waals surface area (Å²) in [6.07, 6.45) is 2.33. The third-order valence-electron chi connectivity index (χ3n) is 8.59. The minimum atomic E-state index is -1.23. The number of benzene rings is 3. The van der Waals surface area contributed by atoms with E-state index in [1.807, 2.05) is 31.2 Å². The van der Waals surface area contributed by atoms with E-state index in [9.17, 15) is 9.59 Å². The maximum atomic E-state index is 13.4. The van der Waals surface area contributed by atoms with Crippen LogP contribution < -0.4 is 19.9 Å². The zero-order chi connectivity index (χ0) is 28.7. The molecule has 0 saturated carbocycles. The molecule has 0 bridgehead atoms. The number of anilines is 2. The fraction of sp³-hybridized carbons (Fsp3) is 0.394. The topological polar surface area (TPSA) is 89.6 Å². The highest BCUT2D eigenvalue weighted by Gasteiger charge is 2.54. The molecule has 2 saturated heterocycles. The molecule has 7 rings (SSSR count). The first-order chi connectivity index (χ1) is 20.6. The van der Waals surface area contributed by atoms with E-state index in [1.54, 1.807) is 18.2 Å². The number of hydrogen-bond acceptors (Lipinski definition) is 8. The summed E-state index contributed by atoms with van der Waals surface area (Å²) in [5, 5.41) is 2.92. The molecule has 9 nitrogen and oxygen atoms in total. The zero-order valence-electron chi connectivity index (χ0n) is 23.8. The Morgan fingerprint density at radius 1 is 0.833 bits per heavy atom. The number of rotatable bonds is 10. The standard InChI is InChI=1S/C33H35N3O6/c1-2-39-17-18-40-16-11-34-31(37)22-5-8-25-28(19-22)33(42-32(25)38)26-9-6-23(35-12-3-13-35)20-29(26)41-30-21-24(7-10-27(30)33)36-14-4-15-36/h5-10,19-21H,2-4,11-18H2,1H3,(H,34,37). The van der Waals surface area contributed by atoms with E-state index in [2.05, 4.69) is 27.2 Å². The van der Waals surface area contributed by atoms with Gasteiger partial charge in [-0.2, -0.15) is 0 Å². The normalized spacial score (nSPS) is 17.4. The predicted molar refractivity (Wildman–Crippen MR) is 158 cm³/mol. The maximum absolute atomic E-state index is 13.4. The van der Waals surface area contributed by atoms with Crippen LogP contribution in [0.5, 0.6) is 11.5 Å². The van der Waals surface area contributed by atoms with Gasteiger partial charge in [0, 0.05) is 85.1 Å². The molecule has 1 spiro atoms. The molecule has 0 aromatic heterocycles. The second kappa shape index (κ2) is 11.0. The van der Waals surface area contributed by atoms with Crippen LogP contribution in [0.2, 0.25) is 0 Å². The van der Waals surface area contributed by atoms with Crippen LogP contribution in [-0.4, -0.2) is 71.0 Å². The Balaban J connectivity index is 1.25. The van der Waals surface area contributed by atoms with Crippen molar-refractivity contribution in [1.82, 2.24) is 5.32 Å². The van der Waals surface area contributed by atoms with Gasteiger partial charge in [-0.1, -0.05) is 0 Å². The number of carbonyl (C=O) groups is 2. The van der Waals surface area contributed by atoms with Crippen molar-refractivity contribution >= 4 is 23.3 Å². The SMILES string of the molecule is CCOCCOCCNC(=O)c1ccc2c(c1)C1(OC2=O)c2ccc(N3CCC3)cc2Oc2cc(N3CCC3)ccc21. The monoisotopic (exact) mass is 569 g/mol. The van der Waals surface area contributed by atoms with Gasteiger partial charge in [-0.15, -0.1) is 0 Å². The van der Waals surface area contributed by atoms with Crippen LogP contribution in [0.3, 0.4) is 0 Å². The van der Waals surface area contributed by atoms with Gasteiger partial charge in [0.2, 0.25) is 0 Å². The van der Waals surface area contributed by atoms with E-state index in [0.29, 0.717) is 61.2 Å². The average Bonchev–Trinajstić information content (AvgIpc) is 3.22. The number of fused-ring (bicyclic) bond motifs is 6.